The van der Waals surface area contributed by atoms with Crippen molar-refractivity contribution in [1.82, 2.24) is 10.2 Å². The number of alkyl carbamates (subject to hydrolysis) is 1. The Morgan fingerprint density at radius 3 is 1.83 bits per heavy atom. The van der Waals surface area contributed by atoms with Crippen molar-refractivity contribution < 1.29 is 24.2 Å². The van der Waals surface area contributed by atoms with E-state index in [0.717, 1.165) is 0 Å². The van der Waals surface area contributed by atoms with Crippen LogP contribution in [0.15, 0.2) is 0 Å². The number of carboxylic acid groups (broad SMARTS) is 1. The topological polar surface area (TPSA) is 95.9 Å². The van der Waals surface area contributed by atoms with Gasteiger partial charge in [0.25, 0.3) is 0 Å². The third-order valence-corrected chi connectivity index (χ3v) is 3.25. The van der Waals surface area contributed by atoms with Gasteiger partial charge in [-0.3, -0.25) is 4.79 Å². The lowest BCUT2D eigenvalue weighted by Crippen LogP contribution is -2.56. The van der Waals surface area contributed by atoms with E-state index in [0.29, 0.717) is 0 Å². The molecular weight excluding hydrogens is 300 g/mol. The average molecular weight is 330 g/mol. The van der Waals surface area contributed by atoms with Crippen molar-refractivity contribution in [1.29, 1.82) is 0 Å². The second-order valence-corrected chi connectivity index (χ2v) is 7.34. The quantitative estimate of drug-likeness (QED) is 0.777. The summed E-state index contributed by atoms with van der Waals surface area (Å²) in [7, 11) is 1.44. The van der Waals surface area contributed by atoms with E-state index < -0.39 is 35.7 Å². The molecule has 0 aliphatic rings. The standard InChI is InChI=1S/C16H30N2O5/c1-9(2)11(17-15(22)23-16(5,6)7)13(19)18(8)12(10(3)4)14(20)21/h9-12H,1-8H3,(H,17,22)(H,20,21)/t11-,12-/m0/s1. The fraction of sp³-hybridized carbons (Fsp3) is 0.812. The highest BCUT2D eigenvalue weighted by molar-refractivity contribution is 5.89. The lowest BCUT2D eigenvalue weighted by atomic mass is 9.99. The summed E-state index contributed by atoms with van der Waals surface area (Å²) < 4.78 is 5.17. The number of carbonyl (C=O) groups is 3. The van der Waals surface area contributed by atoms with Gasteiger partial charge >= 0.3 is 12.1 Å². The number of hydrogen-bond acceptors (Lipinski definition) is 4. The number of carboxylic acids is 1. The summed E-state index contributed by atoms with van der Waals surface area (Å²) in [5.74, 6) is -1.99. The van der Waals surface area contributed by atoms with E-state index in [2.05, 4.69) is 5.32 Å². The smallest absolute Gasteiger partial charge is 0.408 e. The van der Waals surface area contributed by atoms with Gasteiger partial charge in [-0.15, -0.1) is 0 Å². The molecule has 2 amide bonds. The maximum Gasteiger partial charge on any atom is 0.408 e. The van der Waals surface area contributed by atoms with Crippen LogP contribution < -0.4 is 5.32 Å². The Hall–Kier alpha value is -1.79. The maximum absolute atomic E-state index is 12.6. The van der Waals surface area contributed by atoms with E-state index >= 15 is 0 Å². The van der Waals surface area contributed by atoms with Crippen LogP contribution in [-0.2, 0) is 14.3 Å². The van der Waals surface area contributed by atoms with Crippen molar-refractivity contribution in [3.05, 3.63) is 0 Å². The third kappa shape index (κ3) is 6.88. The molecule has 0 aromatic heterocycles. The molecule has 0 spiro atoms. The summed E-state index contributed by atoms with van der Waals surface area (Å²) in [5, 5.41) is 11.9. The van der Waals surface area contributed by atoms with E-state index in [4.69, 9.17) is 4.74 Å². The number of likely N-dealkylation sites (N-methyl/N-ethyl adjacent to an activating group) is 1. The average Bonchev–Trinajstić information content (AvgIpc) is 2.31. The van der Waals surface area contributed by atoms with Gasteiger partial charge in [-0.25, -0.2) is 9.59 Å². The maximum atomic E-state index is 12.6. The SMILES string of the molecule is CC(C)[C@H](NC(=O)OC(C)(C)C)C(=O)N(C)[C@H](C(=O)O)C(C)C. The molecule has 0 fully saturated rings. The molecule has 0 aliphatic heterocycles. The summed E-state index contributed by atoms with van der Waals surface area (Å²) >= 11 is 0. The molecule has 7 heteroatoms. The molecule has 0 saturated heterocycles. The lowest BCUT2D eigenvalue weighted by molar-refractivity contribution is -0.152. The molecule has 2 N–H and O–H groups in total. The Morgan fingerprint density at radius 1 is 1.04 bits per heavy atom. The van der Waals surface area contributed by atoms with Crippen LogP contribution >= 0.6 is 0 Å². The van der Waals surface area contributed by atoms with Crippen LogP contribution in [0.2, 0.25) is 0 Å². The predicted octanol–water partition coefficient (Wildman–Crippen LogP) is 2.10. The van der Waals surface area contributed by atoms with Gasteiger partial charge in [0.2, 0.25) is 5.91 Å². The molecule has 0 aliphatic carbocycles. The molecule has 0 radical (unpaired) electrons. The van der Waals surface area contributed by atoms with E-state index in [1.807, 2.05) is 0 Å². The first kappa shape index (κ1) is 21.2. The Labute approximate surface area is 138 Å². The molecular formula is C16H30N2O5. The van der Waals surface area contributed by atoms with Crippen LogP contribution in [0.1, 0.15) is 48.5 Å². The Kier molecular flexibility index (Phi) is 7.54. The van der Waals surface area contributed by atoms with E-state index in [1.54, 1.807) is 48.5 Å². The molecule has 0 heterocycles. The molecule has 0 rings (SSSR count). The second-order valence-electron chi connectivity index (χ2n) is 7.34. The first-order chi connectivity index (χ1) is 10.3. The van der Waals surface area contributed by atoms with Crippen LogP contribution in [0, 0.1) is 11.8 Å². The highest BCUT2D eigenvalue weighted by Crippen LogP contribution is 2.15. The van der Waals surface area contributed by atoms with Crippen molar-refractivity contribution in [3.63, 3.8) is 0 Å². The van der Waals surface area contributed by atoms with Gasteiger partial charge in [-0.2, -0.15) is 0 Å². The molecule has 0 unspecified atom stereocenters. The minimum Gasteiger partial charge on any atom is -0.480 e. The van der Waals surface area contributed by atoms with Gasteiger partial charge in [0.1, 0.15) is 17.7 Å². The first-order valence-electron chi connectivity index (χ1n) is 7.77. The highest BCUT2D eigenvalue weighted by atomic mass is 16.6. The van der Waals surface area contributed by atoms with Gasteiger partial charge < -0.3 is 20.1 Å². The third-order valence-electron chi connectivity index (χ3n) is 3.25. The summed E-state index contributed by atoms with van der Waals surface area (Å²) in [6.07, 6.45) is -0.700. The molecule has 0 aromatic carbocycles. The molecule has 0 aromatic rings. The number of ether oxygens (including phenoxy) is 1. The number of rotatable bonds is 6. The van der Waals surface area contributed by atoms with Crippen LogP contribution in [0.3, 0.4) is 0 Å². The number of nitrogens with one attached hydrogen (secondary N) is 1. The van der Waals surface area contributed by atoms with Crippen LogP contribution in [0.4, 0.5) is 4.79 Å². The zero-order valence-electron chi connectivity index (χ0n) is 15.3. The molecule has 0 bridgehead atoms. The van der Waals surface area contributed by atoms with Crippen LogP contribution in [0.5, 0.6) is 0 Å². The molecule has 23 heavy (non-hydrogen) atoms. The number of hydrogen-bond donors (Lipinski definition) is 2. The fourth-order valence-corrected chi connectivity index (χ4v) is 2.20. The zero-order chi connectivity index (χ0) is 18.5. The largest absolute Gasteiger partial charge is 0.480 e. The van der Waals surface area contributed by atoms with Gasteiger partial charge in [0.15, 0.2) is 0 Å². The molecule has 2 atom stereocenters. The minimum atomic E-state index is -1.07. The predicted molar refractivity (Wildman–Crippen MR) is 87.0 cm³/mol. The highest BCUT2D eigenvalue weighted by Gasteiger charge is 2.35. The Balaban J connectivity index is 5.19. The summed E-state index contributed by atoms with van der Waals surface area (Å²) in [5.41, 5.74) is -0.678. The van der Waals surface area contributed by atoms with Gasteiger partial charge in [0, 0.05) is 7.05 Å². The number of aliphatic carboxylic acids is 1. The van der Waals surface area contributed by atoms with Crippen molar-refractivity contribution in [2.45, 2.75) is 66.2 Å². The van der Waals surface area contributed by atoms with Gasteiger partial charge in [-0.05, 0) is 32.6 Å². The summed E-state index contributed by atoms with van der Waals surface area (Å²) in [4.78, 5) is 37.1. The Morgan fingerprint density at radius 2 is 1.52 bits per heavy atom. The fourth-order valence-electron chi connectivity index (χ4n) is 2.20. The van der Waals surface area contributed by atoms with Crippen LogP contribution in [0.25, 0.3) is 0 Å². The normalized spacial score (nSPS) is 14.3. The number of carbonyl (C=O) groups excluding carboxylic acids is 2. The van der Waals surface area contributed by atoms with Crippen molar-refractivity contribution in [2.75, 3.05) is 7.05 Å². The number of amides is 2. The van der Waals surface area contributed by atoms with E-state index in [-0.39, 0.29) is 11.8 Å². The first-order valence-corrected chi connectivity index (χ1v) is 7.77. The monoisotopic (exact) mass is 330 g/mol. The lowest BCUT2D eigenvalue weighted by Gasteiger charge is -2.33. The van der Waals surface area contributed by atoms with E-state index in [1.165, 1.54) is 11.9 Å². The van der Waals surface area contributed by atoms with Crippen LogP contribution in [-0.4, -0.2) is 52.7 Å². The number of nitrogens with zero attached hydrogens (tertiary/aromatic N) is 1. The van der Waals surface area contributed by atoms with Crippen molar-refractivity contribution in [2.24, 2.45) is 11.8 Å². The molecule has 7 nitrogen and oxygen atoms in total. The Bertz CT molecular complexity index is 440. The zero-order valence-corrected chi connectivity index (χ0v) is 15.3. The summed E-state index contributed by atoms with van der Waals surface area (Å²) in [6.45, 7) is 12.2. The molecule has 0 saturated carbocycles. The van der Waals surface area contributed by atoms with E-state index in [9.17, 15) is 19.5 Å². The van der Waals surface area contributed by atoms with Crippen molar-refractivity contribution in [3.8, 4) is 0 Å². The molecule has 134 valence electrons. The van der Waals surface area contributed by atoms with Gasteiger partial charge in [0.05, 0.1) is 0 Å². The second kappa shape index (κ2) is 8.17. The summed E-state index contributed by atoms with van der Waals surface area (Å²) in [6, 6.07) is -1.81. The minimum absolute atomic E-state index is 0.209. The van der Waals surface area contributed by atoms with Crippen molar-refractivity contribution >= 4 is 18.0 Å². The van der Waals surface area contributed by atoms with Gasteiger partial charge in [-0.1, -0.05) is 27.7 Å².